The molecule has 2 fully saturated rings. The first-order valence-corrected chi connectivity index (χ1v) is 4.16. The molecule has 0 nitrogen and oxygen atoms in total. The minimum atomic E-state index is 1.05. The van der Waals surface area contributed by atoms with Crippen molar-refractivity contribution in [3.63, 3.8) is 0 Å². The van der Waals surface area contributed by atoms with Crippen molar-refractivity contribution in [2.45, 2.75) is 25.7 Å². The molecule has 48 valence electrons. The van der Waals surface area contributed by atoms with Gasteiger partial charge in [0.15, 0.2) is 0 Å². The van der Waals surface area contributed by atoms with Crippen LogP contribution in [-0.4, -0.2) is 0 Å². The molecular formula is C9H12. The zero-order chi connectivity index (χ0) is 5.84. The fraction of sp³-hybridized carbons (Fsp3) is 0.778. The van der Waals surface area contributed by atoms with Crippen LogP contribution in [0.2, 0.25) is 0 Å². The highest BCUT2D eigenvalue weighted by Crippen LogP contribution is 2.56. The smallest absolute Gasteiger partial charge is 0.0166 e. The van der Waals surface area contributed by atoms with Crippen LogP contribution in [0.4, 0.5) is 0 Å². The van der Waals surface area contributed by atoms with Crippen molar-refractivity contribution in [1.29, 1.82) is 0 Å². The maximum Gasteiger partial charge on any atom is -0.0166 e. The molecule has 0 bridgehead atoms. The molecule has 0 N–H and O–H groups in total. The van der Waals surface area contributed by atoms with Gasteiger partial charge in [0.2, 0.25) is 0 Å². The lowest BCUT2D eigenvalue weighted by atomic mass is 9.66. The molecule has 0 saturated heterocycles. The summed E-state index contributed by atoms with van der Waals surface area (Å²) in [6.45, 7) is 0. The van der Waals surface area contributed by atoms with Crippen LogP contribution in [0.3, 0.4) is 0 Å². The van der Waals surface area contributed by atoms with E-state index in [0.29, 0.717) is 0 Å². The van der Waals surface area contributed by atoms with Crippen LogP contribution in [0.1, 0.15) is 25.7 Å². The Morgan fingerprint density at radius 1 is 1.22 bits per heavy atom. The van der Waals surface area contributed by atoms with Gasteiger partial charge < -0.3 is 0 Å². The number of hydrogen-bond acceptors (Lipinski definition) is 0. The van der Waals surface area contributed by atoms with Crippen LogP contribution in [0.15, 0.2) is 11.6 Å². The van der Waals surface area contributed by atoms with Gasteiger partial charge in [0.05, 0.1) is 0 Å². The van der Waals surface area contributed by atoms with E-state index in [-0.39, 0.29) is 0 Å². The van der Waals surface area contributed by atoms with Crippen molar-refractivity contribution < 1.29 is 0 Å². The predicted octanol–water partition coefficient (Wildman–Crippen LogP) is 2.36. The van der Waals surface area contributed by atoms with E-state index >= 15 is 0 Å². The number of fused-ring (bicyclic) bond motifs is 3. The largest absolute Gasteiger partial charge is 0.0816 e. The van der Waals surface area contributed by atoms with Gasteiger partial charge in [-0.15, -0.1) is 0 Å². The lowest BCUT2D eigenvalue weighted by molar-refractivity contribution is 0.161. The minimum absolute atomic E-state index is 1.05. The van der Waals surface area contributed by atoms with Crippen molar-refractivity contribution >= 4 is 0 Å². The van der Waals surface area contributed by atoms with E-state index in [0.717, 1.165) is 17.8 Å². The third kappa shape index (κ3) is 0.385. The van der Waals surface area contributed by atoms with Gasteiger partial charge in [0.1, 0.15) is 0 Å². The minimum Gasteiger partial charge on any atom is -0.0816 e. The summed E-state index contributed by atoms with van der Waals surface area (Å²) in [6.07, 6.45) is 8.58. The summed E-state index contributed by atoms with van der Waals surface area (Å²) in [7, 11) is 0. The highest BCUT2D eigenvalue weighted by Gasteiger charge is 2.45. The molecule has 3 atom stereocenters. The first-order chi connectivity index (χ1) is 4.45. The van der Waals surface area contributed by atoms with Crippen LogP contribution in [0.5, 0.6) is 0 Å². The van der Waals surface area contributed by atoms with Crippen LogP contribution in [0, 0.1) is 17.8 Å². The number of allylic oxidation sites excluding steroid dienone is 2. The molecule has 3 unspecified atom stereocenters. The molecule has 0 radical (unpaired) electrons. The van der Waals surface area contributed by atoms with Crippen molar-refractivity contribution in [3.8, 4) is 0 Å². The average molecular weight is 120 g/mol. The average Bonchev–Trinajstić information content (AvgIpc) is 1.88. The molecule has 0 amide bonds. The molecule has 3 rings (SSSR count). The fourth-order valence-electron chi connectivity index (χ4n) is 2.71. The van der Waals surface area contributed by atoms with E-state index in [1.54, 1.807) is 0 Å². The summed E-state index contributed by atoms with van der Waals surface area (Å²) in [4.78, 5) is 0. The summed E-state index contributed by atoms with van der Waals surface area (Å²) in [5.41, 5.74) is 1.82. The second-order valence-corrected chi connectivity index (χ2v) is 3.79. The molecular weight excluding hydrogens is 108 g/mol. The molecule has 0 heteroatoms. The van der Waals surface area contributed by atoms with Crippen molar-refractivity contribution in [2.75, 3.05) is 0 Å². The topological polar surface area (TPSA) is 0 Å². The zero-order valence-corrected chi connectivity index (χ0v) is 5.64. The Morgan fingerprint density at radius 2 is 2.22 bits per heavy atom. The first-order valence-electron chi connectivity index (χ1n) is 4.16. The van der Waals surface area contributed by atoms with E-state index in [9.17, 15) is 0 Å². The quantitative estimate of drug-likeness (QED) is 0.430. The standard InChI is InChI=1S/C9H12/c1-3-8-6(1)5-7-2-4-9(7)8/h5-6,8-9H,1-4H2. The summed E-state index contributed by atoms with van der Waals surface area (Å²) < 4.78 is 0. The van der Waals surface area contributed by atoms with Gasteiger partial charge in [0.25, 0.3) is 0 Å². The second-order valence-electron chi connectivity index (χ2n) is 3.79. The first kappa shape index (κ1) is 4.54. The molecule has 0 aromatic rings. The van der Waals surface area contributed by atoms with Gasteiger partial charge in [-0.3, -0.25) is 0 Å². The molecule has 3 aliphatic carbocycles. The number of rotatable bonds is 0. The van der Waals surface area contributed by atoms with E-state index in [4.69, 9.17) is 0 Å². The SMILES string of the molecule is C1=C2CCC2C2CCC12. The lowest BCUT2D eigenvalue weighted by Gasteiger charge is -2.38. The Morgan fingerprint density at radius 3 is 2.56 bits per heavy atom. The van der Waals surface area contributed by atoms with Crippen molar-refractivity contribution in [2.24, 2.45) is 17.8 Å². The van der Waals surface area contributed by atoms with Crippen LogP contribution >= 0.6 is 0 Å². The summed E-state index contributed by atoms with van der Waals surface area (Å²) in [5.74, 6) is 3.27. The molecule has 0 aliphatic heterocycles. The Balaban J connectivity index is 1.98. The summed E-state index contributed by atoms with van der Waals surface area (Å²) in [6, 6.07) is 0. The third-order valence-corrected chi connectivity index (χ3v) is 3.55. The third-order valence-electron chi connectivity index (χ3n) is 3.55. The fourth-order valence-corrected chi connectivity index (χ4v) is 2.71. The van der Waals surface area contributed by atoms with Gasteiger partial charge in [-0.05, 0) is 43.4 Å². The van der Waals surface area contributed by atoms with E-state index in [1.807, 2.05) is 5.57 Å². The molecule has 0 heterocycles. The molecule has 0 spiro atoms. The highest BCUT2D eigenvalue weighted by molar-refractivity contribution is 5.27. The Hall–Kier alpha value is -0.260. The van der Waals surface area contributed by atoms with Gasteiger partial charge in [-0.25, -0.2) is 0 Å². The van der Waals surface area contributed by atoms with Crippen molar-refractivity contribution in [3.05, 3.63) is 11.6 Å². The van der Waals surface area contributed by atoms with Gasteiger partial charge >= 0.3 is 0 Å². The van der Waals surface area contributed by atoms with Crippen LogP contribution < -0.4 is 0 Å². The Kier molecular flexibility index (Phi) is 0.633. The molecule has 9 heavy (non-hydrogen) atoms. The zero-order valence-electron chi connectivity index (χ0n) is 5.64. The maximum absolute atomic E-state index is 2.57. The molecule has 0 aromatic heterocycles. The highest BCUT2D eigenvalue weighted by atomic mass is 14.5. The Bertz CT molecular complexity index is 178. The van der Waals surface area contributed by atoms with E-state index in [2.05, 4.69) is 6.08 Å². The van der Waals surface area contributed by atoms with Gasteiger partial charge in [0, 0.05) is 0 Å². The van der Waals surface area contributed by atoms with E-state index in [1.165, 1.54) is 25.7 Å². The predicted molar refractivity (Wildman–Crippen MR) is 37.0 cm³/mol. The second kappa shape index (κ2) is 1.25. The Labute approximate surface area is 56.0 Å². The molecule has 3 aliphatic rings. The lowest BCUT2D eigenvalue weighted by Crippen LogP contribution is -2.29. The van der Waals surface area contributed by atoms with Crippen molar-refractivity contribution in [1.82, 2.24) is 0 Å². The molecule has 2 saturated carbocycles. The monoisotopic (exact) mass is 120 g/mol. The normalized spacial score (nSPS) is 52.4. The molecule has 0 aromatic carbocycles. The maximum atomic E-state index is 2.57. The van der Waals surface area contributed by atoms with Crippen LogP contribution in [0.25, 0.3) is 0 Å². The summed E-state index contributed by atoms with van der Waals surface area (Å²) >= 11 is 0. The van der Waals surface area contributed by atoms with Gasteiger partial charge in [-0.1, -0.05) is 11.6 Å². The van der Waals surface area contributed by atoms with Gasteiger partial charge in [-0.2, -0.15) is 0 Å². The van der Waals surface area contributed by atoms with E-state index < -0.39 is 0 Å². The summed E-state index contributed by atoms with van der Waals surface area (Å²) in [5, 5.41) is 0. The number of hydrogen-bond donors (Lipinski definition) is 0. The van der Waals surface area contributed by atoms with Crippen LogP contribution in [-0.2, 0) is 0 Å².